The smallest absolute Gasteiger partial charge is 0.313 e. The predicted octanol–water partition coefficient (Wildman–Crippen LogP) is 3.43. The van der Waals surface area contributed by atoms with Crippen molar-refractivity contribution < 1.29 is 9.90 Å². The molecule has 0 aliphatic heterocycles. The number of aliphatic carboxylic acids is 1. The van der Waals surface area contributed by atoms with Gasteiger partial charge in [-0.25, -0.2) is 4.98 Å². The number of benzene rings is 1. The van der Waals surface area contributed by atoms with E-state index in [1.165, 1.54) is 17.3 Å². The first-order valence-electron chi connectivity index (χ1n) is 7.06. The third-order valence-electron chi connectivity index (χ3n) is 3.34. The summed E-state index contributed by atoms with van der Waals surface area (Å²) in [5.41, 5.74) is 2.42. The Balaban J connectivity index is 2.19. The molecule has 5 heteroatoms. The van der Waals surface area contributed by atoms with Crippen LogP contribution in [0.15, 0.2) is 41.7 Å². The number of imidazole rings is 1. The van der Waals surface area contributed by atoms with Gasteiger partial charge in [0.2, 0.25) is 0 Å². The Labute approximate surface area is 129 Å². The fourth-order valence-corrected chi connectivity index (χ4v) is 3.21. The molecule has 2 rings (SSSR count). The normalized spacial score (nSPS) is 12.3. The third-order valence-corrected chi connectivity index (χ3v) is 4.29. The molecule has 0 spiro atoms. The predicted molar refractivity (Wildman–Crippen MR) is 84.8 cm³/mol. The van der Waals surface area contributed by atoms with Gasteiger partial charge in [0.25, 0.3) is 0 Å². The van der Waals surface area contributed by atoms with Gasteiger partial charge in [0.15, 0.2) is 5.16 Å². The van der Waals surface area contributed by atoms with E-state index in [-0.39, 0.29) is 11.8 Å². The lowest BCUT2D eigenvalue weighted by atomic mass is 10.1. The number of nitrogens with zero attached hydrogens (tertiary/aromatic N) is 2. The molecule has 1 aromatic heterocycles. The Hall–Kier alpha value is -1.75. The molecule has 0 aliphatic carbocycles. The molecule has 0 fully saturated rings. The van der Waals surface area contributed by atoms with E-state index in [0.717, 1.165) is 23.7 Å². The van der Waals surface area contributed by atoms with Crippen LogP contribution in [0.25, 0.3) is 0 Å². The number of carboxylic acid groups (broad SMARTS) is 1. The van der Waals surface area contributed by atoms with Crippen LogP contribution >= 0.6 is 11.8 Å². The maximum Gasteiger partial charge on any atom is 0.313 e. The van der Waals surface area contributed by atoms with E-state index in [2.05, 4.69) is 35.5 Å². The summed E-state index contributed by atoms with van der Waals surface area (Å²) in [5, 5.41) is 9.64. The second-order valence-electron chi connectivity index (χ2n) is 4.98. The molecule has 1 aromatic carbocycles. The van der Waals surface area contributed by atoms with E-state index >= 15 is 0 Å². The molecule has 1 atom stereocenters. The van der Waals surface area contributed by atoms with Crippen LogP contribution in [0.1, 0.15) is 31.1 Å². The van der Waals surface area contributed by atoms with Crippen LogP contribution in [0.4, 0.5) is 0 Å². The minimum Gasteiger partial charge on any atom is -0.481 e. The summed E-state index contributed by atoms with van der Waals surface area (Å²) in [5.74, 6) is -0.776. The molecule has 0 amide bonds. The molecule has 1 N–H and O–H groups in total. The number of hydrogen-bond acceptors (Lipinski definition) is 3. The Bertz CT molecular complexity index is 596. The second-order valence-corrected chi connectivity index (χ2v) is 5.92. The first kappa shape index (κ1) is 15.6. The average molecular weight is 304 g/mol. The summed E-state index contributed by atoms with van der Waals surface area (Å²) >= 11 is 1.28. The highest BCUT2D eigenvalue weighted by Gasteiger charge is 2.16. The van der Waals surface area contributed by atoms with Crippen molar-refractivity contribution in [3.63, 3.8) is 0 Å². The first-order chi connectivity index (χ1) is 10.1. The number of carbonyl (C=O) groups is 1. The van der Waals surface area contributed by atoms with Crippen molar-refractivity contribution in [3.8, 4) is 0 Å². The number of carboxylic acids is 1. The number of thioether (sulfide) groups is 1. The van der Waals surface area contributed by atoms with E-state index in [1.807, 2.05) is 24.4 Å². The molecule has 4 nitrogen and oxygen atoms in total. The van der Waals surface area contributed by atoms with E-state index in [0.29, 0.717) is 0 Å². The van der Waals surface area contributed by atoms with E-state index < -0.39 is 5.97 Å². The van der Waals surface area contributed by atoms with Gasteiger partial charge in [0.1, 0.15) is 0 Å². The molecule has 112 valence electrons. The van der Waals surface area contributed by atoms with Gasteiger partial charge in [0.05, 0.1) is 5.75 Å². The summed E-state index contributed by atoms with van der Waals surface area (Å²) in [6.07, 6.45) is 3.65. The number of aromatic nitrogens is 2. The molecule has 1 unspecified atom stereocenters. The summed E-state index contributed by atoms with van der Waals surface area (Å²) < 4.78 is 2.17. The maximum atomic E-state index is 10.8. The zero-order chi connectivity index (χ0) is 15.2. The summed E-state index contributed by atoms with van der Waals surface area (Å²) in [7, 11) is 0. The van der Waals surface area contributed by atoms with Gasteiger partial charge >= 0.3 is 5.97 Å². The molecule has 1 heterocycles. The zero-order valence-corrected chi connectivity index (χ0v) is 13.1. The monoisotopic (exact) mass is 304 g/mol. The molecule has 0 radical (unpaired) electrons. The molecule has 21 heavy (non-hydrogen) atoms. The van der Waals surface area contributed by atoms with E-state index in [1.54, 1.807) is 0 Å². The van der Waals surface area contributed by atoms with Gasteiger partial charge in [-0.15, -0.1) is 0 Å². The lowest BCUT2D eigenvalue weighted by Crippen LogP contribution is -2.13. The van der Waals surface area contributed by atoms with Crippen molar-refractivity contribution in [2.45, 2.75) is 37.9 Å². The fraction of sp³-hybridized carbons (Fsp3) is 0.375. The van der Waals surface area contributed by atoms with Crippen LogP contribution in [-0.2, 0) is 17.6 Å². The number of hydrogen-bond donors (Lipinski definition) is 1. The summed E-state index contributed by atoms with van der Waals surface area (Å²) in [4.78, 5) is 15.1. The van der Waals surface area contributed by atoms with Gasteiger partial charge in [-0.2, -0.15) is 0 Å². The van der Waals surface area contributed by atoms with Crippen molar-refractivity contribution in [1.82, 2.24) is 9.55 Å². The topological polar surface area (TPSA) is 55.1 Å². The van der Waals surface area contributed by atoms with E-state index in [9.17, 15) is 4.79 Å². The van der Waals surface area contributed by atoms with Gasteiger partial charge in [0, 0.05) is 17.9 Å². The summed E-state index contributed by atoms with van der Waals surface area (Å²) in [6, 6.07) is 10.6. The third kappa shape index (κ3) is 4.11. The number of aryl methyl sites for hydroxylation is 1. The van der Waals surface area contributed by atoms with Crippen LogP contribution in [0, 0.1) is 0 Å². The Morgan fingerprint density at radius 1 is 1.38 bits per heavy atom. The lowest BCUT2D eigenvalue weighted by molar-refractivity contribution is -0.133. The van der Waals surface area contributed by atoms with E-state index in [4.69, 9.17) is 5.11 Å². The SMILES string of the molecule is CCc1cnc(SCC(=O)O)n1C(C)Cc1ccccc1. The van der Waals surface area contributed by atoms with Gasteiger partial charge in [-0.3, -0.25) is 4.79 Å². The largest absolute Gasteiger partial charge is 0.481 e. The minimum atomic E-state index is -0.816. The standard InChI is InChI=1S/C16H20N2O2S/c1-3-14-10-17-16(21-11-15(19)20)18(14)12(2)9-13-7-5-4-6-8-13/h4-8,10,12H,3,9,11H2,1-2H3,(H,19,20). The van der Waals surface area contributed by atoms with Gasteiger partial charge in [-0.05, 0) is 25.3 Å². The minimum absolute atomic E-state index is 0.0399. The molecule has 2 aromatic rings. The molecule has 0 saturated heterocycles. The Morgan fingerprint density at radius 2 is 2.10 bits per heavy atom. The van der Waals surface area contributed by atoms with Crippen molar-refractivity contribution in [1.29, 1.82) is 0 Å². The van der Waals surface area contributed by atoms with Crippen LogP contribution in [0.5, 0.6) is 0 Å². The average Bonchev–Trinajstić information content (AvgIpc) is 2.89. The fourth-order valence-electron chi connectivity index (χ4n) is 2.39. The maximum absolute atomic E-state index is 10.8. The highest BCUT2D eigenvalue weighted by atomic mass is 32.2. The second kappa shape index (κ2) is 7.31. The van der Waals surface area contributed by atoms with Crippen LogP contribution in [0.3, 0.4) is 0 Å². The van der Waals surface area contributed by atoms with Crippen LogP contribution in [0.2, 0.25) is 0 Å². The number of rotatable bonds is 7. The van der Waals surface area contributed by atoms with Gasteiger partial charge in [-0.1, -0.05) is 49.0 Å². The molecule has 0 bridgehead atoms. The molecule has 0 saturated carbocycles. The zero-order valence-electron chi connectivity index (χ0n) is 12.3. The van der Waals surface area contributed by atoms with Crippen LogP contribution < -0.4 is 0 Å². The molecule has 0 aliphatic rings. The van der Waals surface area contributed by atoms with Crippen molar-refractivity contribution in [2.75, 3.05) is 5.75 Å². The van der Waals surface area contributed by atoms with Gasteiger partial charge < -0.3 is 9.67 Å². The molecular weight excluding hydrogens is 284 g/mol. The Morgan fingerprint density at radius 3 is 2.71 bits per heavy atom. The van der Waals surface area contributed by atoms with Crippen LogP contribution in [-0.4, -0.2) is 26.4 Å². The first-order valence-corrected chi connectivity index (χ1v) is 8.05. The highest BCUT2D eigenvalue weighted by molar-refractivity contribution is 7.99. The van der Waals surface area contributed by atoms with Crippen molar-refractivity contribution >= 4 is 17.7 Å². The lowest BCUT2D eigenvalue weighted by Gasteiger charge is -2.19. The van der Waals surface area contributed by atoms with Crippen molar-refractivity contribution in [2.24, 2.45) is 0 Å². The molecular formula is C16H20N2O2S. The summed E-state index contributed by atoms with van der Waals surface area (Å²) in [6.45, 7) is 4.24. The quantitative estimate of drug-likeness (QED) is 0.796. The Kier molecular flexibility index (Phi) is 5.44. The highest BCUT2D eigenvalue weighted by Crippen LogP contribution is 2.25. The van der Waals surface area contributed by atoms with Crippen molar-refractivity contribution in [3.05, 3.63) is 47.8 Å².